The minimum absolute atomic E-state index is 0.0856. The van der Waals surface area contributed by atoms with Crippen LogP contribution in [0, 0.1) is 18.3 Å². The van der Waals surface area contributed by atoms with E-state index in [9.17, 15) is 4.79 Å². The quantitative estimate of drug-likeness (QED) is 0.674. The molecular weight excluding hydrogens is 360 g/mol. The molecule has 146 valence electrons. The highest BCUT2D eigenvalue weighted by atomic mass is 16.2. The van der Waals surface area contributed by atoms with Crippen LogP contribution in [0.5, 0.6) is 0 Å². The number of pyridine rings is 1. The zero-order chi connectivity index (χ0) is 19.8. The summed E-state index contributed by atoms with van der Waals surface area (Å²) >= 11 is 0. The monoisotopic (exact) mass is 384 g/mol. The summed E-state index contributed by atoms with van der Waals surface area (Å²) in [6.07, 6.45) is 8.22. The number of carbonyl (C=O) groups is 1. The van der Waals surface area contributed by atoms with Crippen molar-refractivity contribution in [2.24, 2.45) is 11.3 Å². The van der Waals surface area contributed by atoms with Gasteiger partial charge in [0, 0.05) is 54.3 Å². The van der Waals surface area contributed by atoms with Gasteiger partial charge in [-0.15, -0.1) is 0 Å². The van der Waals surface area contributed by atoms with Crippen LogP contribution < -0.4 is 0 Å². The molecule has 1 aromatic carbocycles. The van der Waals surface area contributed by atoms with Gasteiger partial charge in [0.1, 0.15) is 0 Å². The van der Waals surface area contributed by atoms with E-state index < -0.39 is 0 Å². The minimum Gasteiger partial charge on any atom is -0.337 e. The lowest BCUT2D eigenvalue weighted by atomic mass is 9.44. The number of carbonyl (C=O) groups excluding carboxylic acids is 1. The number of hydrogen-bond acceptors (Lipinski definition) is 3. The summed E-state index contributed by atoms with van der Waals surface area (Å²) < 4.78 is 2.11. The largest absolute Gasteiger partial charge is 0.337 e. The highest BCUT2D eigenvalue weighted by Gasteiger charge is 2.56. The van der Waals surface area contributed by atoms with E-state index >= 15 is 0 Å². The Morgan fingerprint density at radius 2 is 1.93 bits per heavy atom. The summed E-state index contributed by atoms with van der Waals surface area (Å²) in [5.41, 5.74) is 7.42. The van der Waals surface area contributed by atoms with Crippen molar-refractivity contribution in [1.29, 1.82) is 0 Å². The van der Waals surface area contributed by atoms with Crippen LogP contribution in [-0.2, 0) is 13.1 Å². The van der Waals surface area contributed by atoms with Crippen molar-refractivity contribution in [3.05, 3.63) is 59.5 Å². The van der Waals surface area contributed by atoms with Gasteiger partial charge in [-0.05, 0) is 55.2 Å². The number of fused-ring (bicyclic) bond motifs is 1. The molecule has 0 N–H and O–H groups in total. The van der Waals surface area contributed by atoms with E-state index in [4.69, 9.17) is 4.98 Å². The highest BCUT2D eigenvalue weighted by molar-refractivity contribution is 5.99. The number of aryl methyl sites for hydroxylation is 1. The molecule has 3 fully saturated rings. The van der Waals surface area contributed by atoms with Gasteiger partial charge in [-0.1, -0.05) is 18.2 Å². The van der Waals surface area contributed by atoms with Crippen LogP contribution in [0.1, 0.15) is 40.9 Å². The van der Waals surface area contributed by atoms with E-state index in [1.165, 1.54) is 19.3 Å². The number of hydrogen-bond donors (Lipinski definition) is 0. The molecule has 2 aromatic heterocycles. The van der Waals surface area contributed by atoms with Crippen molar-refractivity contribution in [3.63, 3.8) is 0 Å². The smallest absolute Gasteiger partial charge is 0.254 e. The SMILES string of the molecule is Cc1ccc(-c2cnn(CC34CC(C3)C4)c2)c(-c2ccc3c(c2)C(=O)N(C)C3)n1. The molecule has 4 aliphatic rings. The average Bonchev–Trinajstić information content (AvgIpc) is 3.22. The Morgan fingerprint density at radius 1 is 1.10 bits per heavy atom. The first-order valence-electron chi connectivity index (χ1n) is 10.4. The van der Waals surface area contributed by atoms with Crippen LogP contribution >= 0.6 is 0 Å². The second kappa shape index (κ2) is 5.78. The molecule has 3 aliphatic carbocycles. The summed E-state index contributed by atoms with van der Waals surface area (Å²) in [6.45, 7) is 3.71. The number of amides is 1. The first kappa shape index (κ1) is 17.0. The van der Waals surface area contributed by atoms with Gasteiger partial charge in [-0.25, -0.2) is 0 Å². The van der Waals surface area contributed by atoms with Gasteiger partial charge in [-0.3, -0.25) is 14.5 Å². The van der Waals surface area contributed by atoms with Crippen LogP contribution in [0.2, 0.25) is 0 Å². The Labute approximate surface area is 170 Å². The van der Waals surface area contributed by atoms with Crippen LogP contribution in [0.4, 0.5) is 0 Å². The van der Waals surface area contributed by atoms with Gasteiger partial charge in [0.05, 0.1) is 11.9 Å². The van der Waals surface area contributed by atoms with Gasteiger partial charge >= 0.3 is 0 Å². The van der Waals surface area contributed by atoms with Crippen LogP contribution in [0.3, 0.4) is 0 Å². The molecule has 0 unspecified atom stereocenters. The molecule has 3 aromatic rings. The Hall–Kier alpha value is -2.95. The Morgan fingerprint density at radius 3 is 2.69 bits per heavy atom. The van der Waals surface area contributed by atoms with Crippen LogP contribution in [0.15, 0.2) is 42.7 Å². The molecule has 2 bridgehead atoms. The van der Waals surface area contributed by atoms with Crippen molar-refractivity contribution >= 4 is 5.91 Å². The van der Waals surface area contributed by atoms with Crippen molar-refractivity contribution in [2.75, 3.05) is 7.05 Å². The predicted molar refractivity (Wildman–Crippen MR) is 111 cm³/mol. The van der Waals surface area contributed by atoms with Crippen LogP contribution in [0.25, 0.3) is 22.4 Å². The maximum atomic E-state index is 12.5. The molecule has 1 amide bonds. The van der Waals surface area contributed by atoms with Gasteiger partial charge in [0.25, 0.3) is 5.91 Å². The minimum atomic E-state index is 0.0856. The fraction of sp³-hybridized carbons (Fsp3) is 0.375. The molecule has 7 rings (SSSR count). The van der Waals surface area contributed by atoms with E-state index in [2.05, 4.69) is 34.2 Å². The normalized spacial score (nSPS) is 24.3. The number of aromatic nitrogens is 3. The highest BCUT2D eigenvalue weighted by Crippen LogP contribution is 2.65. The van der Waals surface area contributed by atoms with E-state index in [1.54, 1.807) is 4.90 Å². The van der Waals surface area contributed by atoms with E-state index in [1.807, 2.05) is 32.3 Å². The molecule has 0 saturated heterocycles. The lowest BCUT2D eigenvalue weighted by molar-refractivity contribution is -0.120. The molecule has 3 heterocycles. The summed E-state index contributed by atoms with van der Waals surface area (Å²) in [6, 6.07) is 10.3. The predicted octanol–water partition coefficient (Wildman–Crippen LogP) is 4.31. The number of rotatable bonds is 4. The van der Waals surface area contributed by atoms with Gasteiger partial charge in [0.15, 0.2) is 0 Å². The van der Waals surface area contributed by atoms with Gasteiger partial charge in [0.2, 0.25) is 0 Å². The molecule has 0 radical (unpaired) electrons. The second-order valence-electron chi connectivity index (χ2n) is 9.29. The molecule has 3 saturated carbocycles. The Bertz CT molecular complexity index is 1140. The third-order valence-corrected chi connectivity index (χ3v) is 7.01. The van der Waals surface area contributed by atoms with Crippen molar-refractivity contribution < 1.29 is 4.79 Å². The van der Waals surface area contributed by atoms with E-state index in [0.717, 1.165) is 51.7 Å². The lowest BCUT2D eigenvalue weighted by Gasteiger charge is -2.61. The first-order valence-corrected chi connectivity index (χ1v) is 10.4. The van der Waals surface area contributed by atoms with Crippen molar-refractivity contribution in [2.45, 2.75) is 39.3 Å². The topological polar surface area (TPSA) is 51.0 Å². The fourth-order valence-electron chi connectivity index (χ4n) is 5.39. The summed E-state index contributed by atoms with van der Waals surface area (Å²) in [5, 5.41) is 4.65. The molecule has 29 heavy (non-hydrogen) atoms. The second-order valence-corrected chi connectivity index (χ2v) is 9.29. The lowest BCUT2D eigenvalue weighted by Crippen LogP contribution is -2.54. The summed E-state index contributed by atoms with van der Waals surface area (Å²) in [4.78, 5) is 19.1. The molecule has 1 aliphatic heterocycles. The third kappa shape index (κ3) is 2.56. The Balaban J connectivity index is 1.38. The first-order chi connectivity index (χ1) is 14.0. The molecule has 5 nitrogen and oxygen atoms in total. The van der Waals surface area contributed by atoms with Crippen LogP contribution in [-0.4, -0.2) is 32.6 Å². The zero-order valence-corrected chi connectivity index (χ0v) is 16.9. The Kier molecular flexibility index (Phi) is 3.38. The molecule has 0 spiro atoms. The molecular formula is C24H24N4O. The summed E-state index contributed by atoms with van der Waals surface area (Å²) in [5.74, 6) is 1.07. The molecule has 5 heteroatoms. The van der Waals surface area contributed by atoms with Crippen molar-refractivity contribution in [1.82, 2.24) is 19.7 Å². The number of nitrogens with zero attached hydrogens (tertiary/aromatic N) is 4. The maximum absolute atomic E-state index is 12.5. The van der Waals surface area contributed by atoms with E-state index in [0.29, 0.717) is 12.0 Å². The fourth-order valence-corrected chi connectivity index (χ4v) is 5.39. The molecule has 0 atom stereocenters. The van der Waals surface area contributed by atoms with Gasteiger partial charge in [-0.2, -0.15) is 5.10 Å². The van der Waals surface area contributed by atoms with E-state index in [-0.39, 0.29) is 5.91 Å². The number of benzene rings is 1. The zero-order valence-electron chi connectivity index (χ0n) is 16.9. The van der Waals surface area contributed by atoms with Crippen molar-refractivity contribution in [3.8, 4) is 22.4 Å². The summed E-state index contributed by atoms with van der Waals surface area (Å²) in [7, 11) is 1.85. The standard InChI is InChI=1S/C24H24N4O/c1-15-3-6-20(19-11-25-28(13-19)14-24-8-16(9-24)10-24)22(26-15)17-4-5-18-12-27(2)23(29)21(18)7-17/h3-7,11,13,16H,8-10,12,14H2,1-2H3. The average molecular weight is 384 g/mol. The van der Waals surface area contributed by atoms with Gasteiger partial charge < -0.3 is 4.90 Å². The maximum Gasteiger partial charge on any atom is 0.254 e. The third-order valence-electron chi connectivity index (χ3n) is 7.01.